The molecule has 1 fully saturated rings. The van der Waals surface area contributed by atoms with Crippen LogP contribution in [0.15, 0.2) is 12.4 Å². The molecule has 2 aromatic heterocycles. The van der Waals surface area contributed by atoms with Crippen LogP contribution in [0.1, 0.15) is 19.3 Å². The number of aliphatic hydroxyl groups excluding tert-OH is 1. The molecular weight excluding hydrogens is 220 g/mol. The van der Waals surface area contributed by atoms with Crippen LogP contribution in [0, 0.1) is 5.92 Å². The fraction of sp³-hybridized carbons (Fsp3) is 0.600. The molecule has 2 aromatic rings. The average Bonchev–Trinajstić information content (AvgIpc) is 2.94. The van der Waals surface area contributed by atoms with Crippen LogP contribution >= 0.6 is 0 Å². The number of hydrogen-bond acceptors (Lipinski definition) is 6. The topological polar surface area (TPSA) is 88.2 Å². The number of fused-ring (bicyclic) bond motifs is 1. The van der Waals surface area contributed by atoms with Crippen LogP contribution in [0.25, 0.3) is 5.65 Å². The van der Waals surface area contributed by atoms with Gasteiger partial charge in [-0.2, -0.15) is 4.52 Å². The summed E-state index contributed by atoms with van der Waals surface area (Å²) in [6, 6.07) is 0. The first-order chi connectivity index (χ1) is 8.33. The quantitative estimate of drug-likeness (QED) is 0.782. The summed E-state index contributed by atoms with van der Waals surface area (Å²) in [5.74, 6) is 1.30. The highest BCUT2D eigenvalue weighted by atomic mass is 16.3. The molecule has 1 saturated carbocycles. The van der Waals surface area contributed by atoms with E-state index in [4.69, 9.17) is 0 Å². The molecule has 0 bridgehead atoms. The smallest absolute Gasteiger partial charge is 0.199 e. The van der Waals surface area contributed by atoms with E-state index in [9.17, 15) is 5.11 Å². The van der Waals surface area contributed by atoms with E-state index in [1.165, 1.54) is 0 Å². The Morgan fingerprint density at radius 2 is 2.35 bits per heavy atom. The first-order valence-electron chi connectivity index (χ1n) is 5.77. The lowest BCUT2D eigenvalue weighted by Gasteiger charge is -2.11. The van der Waals surface area contributed by atoms with Crippen molar-refractivity contribution in [1.82, 2.24) is 25.0 Å². The molecule has 0 amide bonds. The third-order valence-corrected chi connectivity index (χ3v) is 3.19. The Bertz CT molecular complexity index is 512. The third-order valence-electron chi connectivity index (χ3n) is 3.19. The summed E-state index contributed by atoms with van der Waals surface area (Å²) in [6.07, 6.45) is 6.02. The van der Waals surface area contributed by atoms with Crippen LogP contribution in [0.5, 0.6) is 0 Å². The largest absolute Gasteiger partial charge is 0.393 e. The minimum atomic E-state index is -0.135. The summed E-state index contributed by atoms with van der Waals surface area (Å²) in [4.78, 5) is 4.07. The van der Waals surface area contributed by atoms with Gasteiger partial charge in [0.2, 0.25) is 0 Å². The Labute approximate surface area is 97.9 Å². The van der Waals surface area contributed by atoms with Crippen molar-refractivity contribution >= 4 is 11.5 Å². The maximum Gasteiger partial charge on any atom is 0.199 e. The maximum atomic E-state index is 9.46. The van der Waals surface area contributed by atoms with Crippen molar-refractivity contribution in [2.45, 2.75) is 25.4 Å². The van der Waals surface area contributed by atoms with Gasteiger partial charge in [-0.05, 0) is 35.6 Å². The minimum absolute atomic E-state index is 0.135. The Balaban J connectivity index is 1.70. The summed E-state index contributed by atoms with van der Waals surface area (Å²) >= 11 is 0. The van der Waals surface area contributed by atoms with Crippen LogP contribution < -0.4 is 5.32 Å². The Morgan fingerprint density at radius 1 is 1.41 bits per heavy atom. The SMILES string of the molecule is OC1CCC(CNc2cncc3nnnn23)C1. The van der Waals surface area contributed by atoms with Gasteiger partial charge in [0.05, 0.1) is 18.5 Å². The molecule has 90 valence electrons. The lowest BCUT2D eigenvalue weighted by molar-refractivity contribution is 0.178. The molecule has 2 N–H and O–H groups in total. The van der Waals surface area contributed by atoms with Crippen molar-refractivity contribution < 1.29 is 5.11 Å². The standard InChI is InChI=1S/C10H14N6O/c17-8-2-1-7(3-8)4-12-9-5-11-6-10-13-14-15-16(9)10/h5-8,12,17H,1-4H2. The van der Waals surface area contributed by atoms with Crippen LogP contribution in [0.2, 0.25) is 0 Å². The van der Waals surface area contributed by atoms with Crippen LogP contribution in [0.4, 0.5) is 5.82 Å². The number of aromatic nitrogens is 5. The van der Waals surface area contributed by atoms with Crippen LogP contribution in [-0.4, -0.2) is 42.8 Å². The van der Waals surface area contributed by atoms with E-state index in [0.29, 0.717) is 11.6 Å². The van der Waals surface area contributed by atoms with Gasteiger partial charge in [0.1, 0.15) is 5.82 Å². The van der Waals surface area contributed by atoms with E-state index in [1.807, 2.05) is 0 Å². The van der Waals surface area contributed by atoms with Crippen molar-refractivity contribution in [3.05, 3.63) is 12.4 Å². The van der Waals surface area contributed by atoms with Crippen LogP contribution in [0.3, 0.4) is 0 Å². The van der Waals surface area contributed by atoms with Crippen molar-refractivity contribution in [3.8, 4) is 0 Å². The molecule has 7 heteroatoms. The maximum absolute atomic E-state index is 9.46. The summed E-state index contributed by atoms with van der Waals surface area (Å²) in [7, 11) is 0. The van der Waals surface area contributed by atoms with Crippen molar-refractivity contribution in [2.24, 2.45) is 5.92 Å². The molecule has 0 spiro atoms. The van der Waals surface area contributed by atoms with Crippen molar-refractivity contribution in [1.29, 1.82) is 0 Å². The molecule has 2 heterocycles. The highest BCUT2D eigenvalue weighted by Gasteiger charge is 2.22. The van der Waals surface area contributed by atoms with Gasteiger partial charge >= 0.3 is 0 Å². The Kier molecular flexibility index (Phi) is 2.60. The summed E-state index contributed by atoms with van der Waals surface area (Å²) in [6.45, 7) is 0.817. The van der Waals surface area contributed by atoms with Crippen molar-refractivity contribution in [3.63, 3.8) is 0 Å². The minimum Gasteiger partial charge on any atom is -0.393 e. The highest BCUT2D eigenvalue weighted by Crippen LogP contribution is 2.25. The molecule has 1 aliphatic rings. The van der Waals surface area contributed by atoms with Gasteiger partial charge < -0.3 is 10.4 Å². The second kappa shape index (κ2) is 4.25. The fourth-order valence-corrected chi connectivity index (χ4v) is 2.28. The van der Waals surface area contributed by atoms with E-state index in [2.05, 4.69) is 25.8 Å². The van der Waals surface area contributed by atoms with E-state index in [-0.39, 0.29) is 6.10 Å². The summed E-state index contributed by atoms with van der Waals surface area (Å²) in [5.41, 5.74) is 0.626. The van der Waals surface area contributed by atoms with E-state index < -0.39 is 0 Å². The normalized spacial score (nSPS) is 24.3. The van der Waals surface area contributed by atoms with Gasteiger partial charge in [-0.1, -0.05) is 0 Å². The van der Waals surface area contributed by atoms with E-state index in [1.54, 1.807) is 16.9 Å². The molecule has 17 heavy (non-hydrogen) atoms. The summed E-state index contributed by atoms with van der Waals surface area (Å²) < 4.78 is 1.62. The predicted molar refractivity (Wildman–Crippen MR) is 60.4 cm³/mol. The Morgan fingerprint density at radius 3 is 3.18 bits per heavy atom. The number of anilines is 1. The number of rotatable bonds is 3. The number of aliphatic hydroxyl groups is 1. The zero-order chi connectivity index (χ0) is 11.7. The van der Waals surface area contributed by atoms with Gasteiger partial charge in [0.15, 0.2) is 5.65 Å². The monoisotopic (exact) mass is 234 g/mol. The summed E-state index contributed by atoms with van der Waals surface area (Å²) in [5, 5.41) is 24.1. The number of nitrogens with one attached hydrogen (secondary N) is 1. The molecule has 2 unspecified atom stereocenters. The number of tetrazole rings is 1. The molecule has 0 saturated heterocycles. The predicted octanol–water partition coefficient (Wildman–Crippen LogP) is 0.0922. The molecule has 3 rings (SSSR count). The van der Waals surface area contributed by atoms with Gasteiger partial charge in [0.25, 0.3) is 0 Å². The zero-order valence-corrected chi connectivity index (χ0v) is 9.32. The highest BCUT2D eigenvalue weighted by molar-refractivity contribution is 5.43. The molecule has 7 nitrogen and oxygen atoms in total. The van der Waals surface area contributed by atoms with Crippen LogP contribution in [-0.2, 0) is 0 Å². The molecule has 0 radical (unpaired) electrons. The first kappa shape index (κ1) is 10.4. The lowest BCUT2D eigenvalue weighted by atomic mass is 10.1. The molecular formula is C10H14N6O. The zero-order valence-electron chi connectivity index (χ0n) is 9.32. The number of hydrogen-bond donors (Lipinski definition) is 2. The Hall–Kier alpha value is -1.76. The van der Waals surface area contributed by atoms with Gasteiger partial charge in [0, 0.05) is 6.54 Å². The second-order valence-corrected chi connectivity index (χ2v) is 4.46. The first-order valence-corrected chi connectivity index (χ1v) is 5.77. The third kappa shape index (κ3) is 2.05. The molecule has 2 atom stereocenters. The van der Waals surface area contributed by atoms with Gasteiger partial charge in [-0.3, -0.25) is 4.98 Å². The average molecular weight is 234 g/mol. The number of nitrogens with zero attached hydrogens (tertiary/aromatic N) is 5. The van der Waals surface area contributed by atoms with Gasteiger partial charge in [-0.25, -0.2) is 0 Å². The second-order valence-electron chi connectivity index (χ2n) is 4.46. The molecule has 0 aliphatic heterocycles. The lowest BCUT2D eigenvalue weighted by Crippen LogP contribution is -2.15. The van der Waals surface area contributed by atoms with E-state index >= 15 is 0 Å². The van der Waals surface area contributed by atoms with E-state index in [0.717, 1.165) is 31.6 Å². The fourth-order valence-electron chi connectivity index (χ4n) is 2.28. The van der Waals surface area contributed by atoms with Crippen molar-refractivity contribution in [2.75, 3.05) is 11.9 Å². The van der Waals surface area contributed by atoms with Gasteiger partial charge in [-0.15, -0.1) is 5.10 Å². The molecule has 1 aliphatic carbocycles. The molecule has 0 aromatic carbocycles.